The summed E-state index contributed by atoms with van der Waals surface area (Å²) in [5.41, 5.74) is 1.46. The van der Waals surface area contributed by atoms with E-state index in [1.165, 1.54) is 5.56 Å². The van der Waals surface area contributed by atoms with Gasteiger partial charge in [-0.25, -0.2) is 0 Å². The van der Waals surface area contributed by atoms with Crippen LogP contribution in [0.4, 0.5) is 0 Å². The number of hydrogen-bond donors (Lipinski definition) is 0. The fourth-order valence-corrected chi connectivity index (χ4v) is 1.42. The van der Waals surface area contributed by atoms with Crippen molar-refractivity contribution in [3.05, 3.63) is 22.7 Å². The van der Waals surface area contributed by atoms with Gasteiger partial charge in [0.15, 0.2) is 0 Å². The van der Waals surface area contributed by atoms with E-state index in [4.69, 9.17) is 0 Å². The predicted molar refractivity (Wildman–Crippen MR) is 35.4 cm³/mol. The van der Waals surface area contributed by atoms with Gasteiger partial charge < -0.3 is 0 Å². The van der Waals surface area contributed by atoms with Gasteiger partial charge in [0.05, 0.1) is 0 Å². The first-order valence-corrected chi connectivity index (χ1v) is 3.49. The summed E-state index contributed by atoms with van der Waals surface area (Å²) in [4.78, 5) is 0. The van der Waals surface area contributed by atoms with Crippen LogP contribution in [-0.4, -0.2) is 0 Å². The topological polar surface area (TPSA) is 0 Å². The third-order valence-electron chi connectivity index (χ3n) is 1.22. The van der Waals surface area contributed by atoms with Gasteiger partial charge in [-0.3, -0.25) is 0 Å². The Hall–Kier alpha value is 0.650. The average Bonchev–Trinajstić information content (AvgIpc) is 1.91. The molecule has 0 bridgehead atoms. The third kappa shape index (κ3) is 1.87. The molecule has 0 nitrogen and oxygen atoms in total. The van der Waals surface area contributed by atoms with Gasteiger partial charge in [-0.2, -0.15) is 0 Å². The van der Waals surface area contributed by atoms with E-state index in [1.807, 2.05) is 0 Å². The summed E-state index contributed by atoms with van der Waals surface area (Å²) >= 11 is 0. The Labute approximate surface area is 70.6 Å². The van der Waals surface area contributed by atoms with E-state index in [-0.39, 0.29) is 25.8 Å². The maximum Gasteiger partial charge on any atom is 0 e. The van der Waals surface area contributed by atoms with Gasteiger partial charge in [0.25, 0.3) is 0 Å². The van der Waals surface area contributed by atoms with Crippen molar-refractivity contribution in [3.8, 4) is 0 Å². The molecule has 0 aromatic carbocycles. The molecule has 0 saturated carbocycles. The molecule has 2 heteroatoms. The molecule has 1 aromatic heterocycles. The summed E-state index contributed by atoms with van der Waals surface area (Å²) in [5, 5.41) is 1.54. The second-order valence-electron chi connectivity index (χ2n) is 1.79. The molecule has 0 aliphatic carbocycles. The molecule has 1 unspecified atom stereocenters. The van der Waals surface area contributed by atoms with Crippen molar-refractivity contribution in [2.75, 3.05) is 0 Å². The first kappa shape index (κ1) is 8.65. The van der Waals surface area contributed by atoms with Crippen molar-refractivity contribution in [1.29, 1.82) is 0 Å². The third-order valence-corrected chi connectivity index (χ3v) is 2.39. The fraction of sp³-hybridized carbons (Fsp3) is 0.333. The second-order valence-corrected chi connectivity index (χ2v) is 3.16. The van der Waals surface area contributed by atoms with E-state index in [9.17, 15) is 0 Å². The maximum atomic E-state index is 2.23. The second kappa shape index (κ2) is 3.63. The van der Waals surface area contributed by atoms with E-state index in [1.54, 1.807) is 5.30 Å². The van der Waals surface area contributed by atoms with E-state index in [2.05, 4.69) is 25.7 Å². The van der Waals surface area contributed by atoms with E-state index >= 15 is 0 Å². The first-order valence-electron chi connectivity index (χ1n) is 2.41. The number of aryl methyl sites for hydroxylation is 2. The normalized spacial score (nSPS) is 9.25. The summed E-state index contributed by atoms with van der Waals surface area (Å²) in [7, 11) is 0.962. The van der Waals surface area contributed by atoms with Crippen LogP contribution < -0.4 is 0 Å². The molecule has 0 aliphatic rings. The molecule has 0 spiro atoms. The zero-order chi connectivity index (χ0) is 5.28. The molecule has 0 amide bonds. The summed E-state index contributed by atoms with van der Waals surface area (Å²) in [6, 6.07) is 2.19. The number of rotatable bonds is 0. The molecule has 1 heterocycles. The van der Waals surface area contributed by atoms with Gasteiger partial charge in [0.1, 0.15) is 0 Å². The van der Waals surface area contributed by atoms with Crippen LogP contribution >= 0.6 is 8.19 Å². The standard InChI is InChI=1S/C6H9P.Sc/c1-5-3-4-7-6(5)2;/h3-4,7H,1-2H3;. The SMILES string of the molecule is Cc1cc[pH]c1C.[Sc]. The molecule has 0 aliphatic heterocycles. The first-order chi connectivity index (χ1) is 3.30. The van der Waals surface area contributed by atoms with Crippen LogP contribution in [0.15, 0.2) is 11.9 Å². The molecule has 1 rings (SSSR count). The Balaban J connectivity index is 0.000000490. The number of hydrogen-bond acceptors (Lipinski definition) is 0. The monoisotopic (exact) mass is 157 g/mol. The molecule has 0 fully saturated rings. The minimum atomic E-state index is 0. The van der Waals surface area contributed by atoms with Gasteiger partial charge in [-0.05, 0) is 30.5 Å². The smallest absolute Gasteiger partial charge is 0 e. The predicted octanol–water partition coefficient (Wildman–Crippen LogP) is 2.33. The molecule has 8 heavy (non-hydrogen) atoms. The van der Waals surface area contributed by atoms with Crippen molar-refractivity contribution in [3.63, 3.8) is 0 Å². The zero-order valence-corrected chi connectivity index (χ0v) is 8.04. The van der Waals surface area contributed by atoms with Crippen LogP contribution in [-0.2, 0) is 25.8 Å². The van der Waals surface area contributed by atoms with Crippen LogP contribution in [0.2, 0.25) is 0 Å². The van der Waals surface area contributed by atoms with Gasteiger partial charge in [0.2, 0.25) is 0 Å². The summed E-state index contributed by atoms with van der Waals surface area (Å²) in [6.07, 6.45) is 0. The largest absolute Gasteiger partial charge is 0.137 e. The Morgan fingerprint density at radius 2 is 2.00 bits per heavy atom. The Morgan fingerprint density at radius 3 is 2.12 bits per heavy atom. The summed E-state index contributed by atoms with van der Waals surface area (Å²) in [6.45, 7) is 4.35. The Bertz CT molecular complexity index is 141. The minimum Gasteiger partial charge on any atom is -0.137 e. The molecule has 0 N–H and O–H groups in total. The zero-order valence-electron chi connectivity index (χ0n) is 5.23. The van der Waals surface area contributed by atoms with Crippen molar-refractivity contribution in [1.82, 2.24) is 0 Å². The van der Waals surface area contributed by atoms with Crippen LogP contribution in [0.25, 0.3) is 0 Å². The minimum absolute atomic E-state index is 0. The van der Waals surface area contributed by atoms with Crippen molar-refractivity contribution >= 4 is 8.19 Å². The van der Waals surface area contributed by atoms with E-state index < -0.39 is 0 Å². The van der Waals surface area contributed by atoms with Gasteiger partial charge in [-0.1, -0.05) is 6.07 Å². The van der Waals surface area contributed by atoms with Crippen molar-refractivity contribution in [2.24, 2.45) is 0 Å². The van der Waals surface area contributed by atoms with Gasteiger partial charge in [-0.15, -0.1) is 8.19 Å². The molecule has 0 saturated heterocycles. The van der Waals surface area contributed by atoms with Crippen molar-refractivity contribution < 1.29 is 25.8 Å². The quantitative estimate of drug-likeness (QED) is 0.542. The van der Waals surface area contributed by atoms with Crippen LogP contribution in [0, 0.1) is 13.8 Å². The van der Waals surface area contributed by atoms with Crippen LogP contribution in [0.5, 0.6) is 0 Å². The van der Waals surface area contributed by atoms with Crippen LogP contribution in [0.1, 0.15) is 10.9 Å². The average molecular weight is 157 g/mol. The Morgan fingerprint density at radius 1 is 1.38 bits per heavy atom. The van der Waals surface area contributed by atoms with E-state index in [0.29, 0.717) is 0 Å². The molecule has 1 aromatic rings. The molecular weight excluding hydrogens is 148 g/mol. The van der Waals surface area contributed by atoms with Crippen LogP contribution in [0.3, 0.4) is 0 Å². The van der Waals surface area contributed by atoms with E-state index in [0.717, 1.165) is 8.19 Å². The van der Waals surface area contributed by atoms with Gasteiger partial charge in [0, 0.05) is 25.8 Å². The molecule has 1 radical (unpaired) electrons. The molecule has 41 valence electrons. The summed E-state index contributed by atoms with van der Waals surface area (Å²) < 4.78 is 0. The molecular formula is C6H9PSc. The van der Waals surface area contributed by atoms with Gasteiger partial charge >= 0.3 is 0 Å². The fourth-order valence-electron chi connectivity index (χ4n) is 0.531. The summed E-state index contributed by atoms with van der Waals surface area (Å²) in [5.74, 6) is 2.23. The Kier molecular flexibility index (Phi) is 3.93. The molecule has 1 atom stereocenters. The maximum absolute atomic E-state index is 2.23. The van der Waals surface area contributed by atoms with Crippen molar-refractivity contribution in [2.45, 2.75) is 13.8 Å².